The largest absolute Gasteiger partial charge is 0.388 e. The molecule has 4 nitrogen and oxygen atoms in total. The third kappa shape index (κ3) is 2.51. The van der Waals surface area contributed by atoms with Gasteiger partial charge in [0, 0.05) is 35.8 Å². The van der Waals surface area contributed by atoms with Crippen LogP contribution in [0.25, 0.3) is 5.57 Å². The summed E-state index contributed by atoms with van der Waals surface area (Å²) in [7, 11) is 1.97. The number of carbonyl (C=O) groups is 1. The van der Waals surface area contributed by atoms with Crippen LogP contribution in [0.1, 0.15) is 58.6 Å². The average Bonchev–Trinajstić information content (AvgIpc) is 3.32. The van der Waals surface area contributed by atoms with E-state index in [2.05, 4.69) is 37.9 Å². The molecule has 4 aliphatic rings. The minimum absolute atomic E-state index is 0.0341. The number of aliphatic hydroxyl groups excluding tert-OH is 1. The predicted octanol–water partition coefficient (Wildman–Crippen LogP) is 4.40. The van der Waals surface area contributed by atoms with E-state index in [1.54, 1.807) is 6.08 Å². The average molecular weight is 395 g/mol. The van der Waals surface area contributed by atoms with Crippen molar-refractivity contribution in [2.45, 2.75) is 65.0 Å². The number of H-pyrrole nitrogens is 1. The number of nitrogens with zero attached hydrogens (tertiary/aromatic N) is 1. The lowest BCUT2D eigenvalue weighted by Crippen LogP contribution is -2.59. The number of rotatable bonds is 1. The van der Waals surface area contributed by atoms with E-state index < -0.39 is 0 Å². The maximum Gasteiger partial charge on any atom is 0.246 e. The van der Waals surface area contributed by atoms with Crippen LogP contribution in [0.2, 0.25) is 0 Å². The quantitative estimate of drug-likeness (QED) is 0.742. The third-order valence-corrected chi connectivity index (χ3v) is 9.44. The van der Waals surface area contributed by atoms with Crippen molar-refractivity contribution in [1.82, 2.24) is 9.88 Å². The highest BCUT2D eigenvalue weighted by Crippen LogP contribution is 2.65. The summed E-state index contributed by atoms with van der Waals surface area (Å²) in [5.74, 6) is 1.87. The molecule has 0 radical (unpaired) electrons. The number of likely N-dealkylation sites (N-methyl/N-ethyl adjacent to an activating group) is 1. The Kier molecular flexibility index (Phi) is 4.19. The molecule has 29 heavy (non-hydrogen) atoms. The molecule has 3 saturated carbocycles. The first-order valence-electron chi connectivity index (χ1n) is 11.2. The van der Waals surface area contributed by atoms with Crippen molar-refractivity contribution in [3.8, 4) is 0 Å². The summed E-state index contributed by atoms with van der Waals surface area (Å²) < 4.78 is 0. The molecule has 0 aromatic carbocycles. The number of hydrogen-bond acceptors (Lipinski definition) is 2. The van der Waals surface area contributed by atoms with Crippen molar-refractivity contribution in [3.05, 3.63) is 41.7 Å². The summed E-state index contributed by atoms with van der Waals surface area (Å²) in [5.41, 5.74) is 3.60. The van der Waals surface area contributed by atoms with Gasteiger partial charge in [-0.15, -0.1) is 0 Å². The fourth-order valence-electron chi connectivity index (χ4n) is 7.65. The second-order valence-electron chi connectivity index (χ2n) is 10.5. The van der Waals surface area contributed by atoms with E-state index in [0.29, 0.717) is 23.8 Å². The van der Waals surface area contributed by atoms with Gasteiger partial charge in [-0.25, -0.2) is 0 Å². The molecule has 4 heteroatoms. The molecule has 1 aliphatic heterocycles. The van der Waals surface area contributed by atoms with Gasteiger partial charge >= 0.3 is 0 Å². The molecule has 5 rings (SSSR count). The van der Waals surface area contributed by atoms with Gasteiger partial charge in [0.1, 0.15) is 0 Å². The van der Waals surface area contributed by atoms with Gasteiger partial charge in [0.05, 0.1) is 6.10 Å². The van der Waals surface area contributed by atoms with Crippen LogP contribution in [0.15, 0.2) is 36.1 Å². The highest BCUT2D eigenvalue weighted by atomic mass is 16.3. The number of nitrogens with one attached hydrogen (secondary N) is 1. The Hall–Kier alpha value is -1.81. The molecule has 2 unspecified atom stereocenters. The predicted molar refractivity (Wildman–Crippen MR) is 115 cm³/mol. The summed E-state index contributed by atoms with van der Waals surface area (Å²) in [5, 5.41) is 11.4. The second-order valence-corrected chi connectivity index (χ2v) is 10.5. The molecule has 2 heterocycles. The van der Waals surface area contributed by atoms with E-state index in [-0.39, 0.29) is 22.8 Å². The maximum atomic E-state index is 12.3. The van der Waals surface area contributed by atoms with E-state index in [1.165, 1.54) is 11.1 Å². The Morgan fingerprint density at radius 1 is 1.24 bits per heavy atom. The third-order valence-electron chi connectivity index (χ3n) is 9.44. The number of carbonyl (C=O) groups excluding carboxylic acids is 1. The zero-order valence-electron chi connectivity index (χ0n) is 18.1. The first kappa shape index (κ1) is 19.2. The van der Waals surface area contributed by atoms with Crippen LogP contribution in [-0.2, 0) is 4.79 Å². The van der Waals surface area contributed by atoms with Crippen LogP contribution in [-0.4, -0.2) is 40.1 Å². The molecular weight excluding hydrogens is 360 g/mol. The van der Waals surface area contributed by atoms with Crippen LogP contribution >= 0.6 is 0 Å². The summed E-state index contributed by atoms with van der Waals surface area (Å²) in [6.45, 7) is 6.86. The van der Waals surface area contributed by atoms with Crippen molar-refractivity contribution in [3.63, 3.8) is 0 Å². The highest BCUT2D eigenvalue weighted by Gasteiger charge is 2.61. The molecule has 1 aromatic heterocycles. The fourth-order valence-corrected chi connectivity index (χ4v) is 7.65. The Labute approximate surface area is 174 Å². The molecule has 7 atom stereocenters. The number of amides is 1. The SMILES string of the molecule is CC(=C1C[C@H]2[C@@H]3CCC4N(C)C(=O)C=C[C@]4(C)[C@@H]3CC[C@]2(C)C1O)c1ccc[nH]1. The highest BCUT2D eigenvalue weighted by molar-refractivity contribution is 5.89. The molecule has 0 bridgehead atoms. The van der Waals surface area contributed by atoms with Crippen molar-refractivity contribution in [2.24, 2.45) is 28.6 Å². The van der Waals surface area contributed by atoms with Gasteiger partial charge in [-0.05, 0) is 86.1 Å². The van der Waals surface area contributed by atoms with Crippen molar-refractivity contribution >= 4 is 11.5 Å². The number of aromatic nitrogens is 1. The van der Waals surface area contributed by atoms with Gasteiger partial charge in [-0.3, -0.25) is 4.79 Å². The standard InChI is InChI=1S/C25H34N2O2/c1-15(20-6-5-13-26-20)17-14-19-16-7-8-21-24(2,12-10-22(28)27(21)4)18(16)9-11-25(19,3)23(17)29/h5-6,10,12-13,16,18-19,21,23,26,29H,7-9,11,14H2,1-4H3/t16-,18-,19+,21?,23?,24-,25+/m1/s1. The van der Waals surface area contributed by atoms with E-state index in [1.807, 2.05) is 24.2 Å². The first-order chi connectivity index (χ1) is 13.8. The fraction of sp³-hybridized carbons (Fsp3) is 0.640. The molecule has 156 valence electrons. The molecular formula is C25H34N2O2. The molecule has 0 spiro atoms. The Morgan fingerprint density at radius 3 is 2.76 bits per heavy atom. The summed E-state index contributed by atoms with van der Waals surface area (Å²) >= 11 is 0. The molecule has 1 amide bonds. The van der Waals surface area contributed by atoms with Crippen LogP contribution in [0.3, 0.4) is 0 Å². The smallest absolute Gasteiger partial charge is 0.246 e. The van der Waals surface area contributed by atoms with Gasteiger partial charge in [0.15, 0.2) is 0 Å². The number of aliphatic hydroxyl groups is 1. The van der Waals surface area contributed by atoms with E-state index in [0.717, 1.165) is 37.8 Å². The normalized spacial score (nSPS) is 45.6. The summed E-state index contributed by atoms with van der Waals surface area (Å²) in [4.78, 5) is 17.6. The molecule has 0 saturated heterocycles. The van der Waals surface area contributed by atoms with Crippen LogP contribution < -0.4 is 0 Å². The lowest BCUT2D eigenvalue weighted by Gasteiger charge is -2.59. The Morgan fingerprint density at radius 2 is 2.03 bits per heavy atom. The van der Waals surface area contributed by atoms with Gasteiger partial charge in [0.25, 0.3) is 0 Å². The zero-order chi connectivity index (χ0) is 20.6. The van der Waals surface area contributed by atoms with Crippen molar-refractivity contribution in [2.75, 3.05) is 7.05 Å². The Bertz CT molecular complexity index is 885. The second kappa shape index (κ2) is 6.34. The van der Waals surface area contributed by atoms with Crippen molar-refractivity contribution < 1.29 is 9.90 Å². The zero-order valence-corrected chi connectivity index (χ0v) is 18.1. The molecule has 1 aromatic rings. The van der Waals surface area contributed by atoms with E-state index in [4.69, 9.17) is 0 Å². The number of aromatic amines is 1. The lowest BCUT2D eigenvalue weighted by atomic mass is 9.48. The van der Waals surface area contributed by atoms with Gasteiger partial charge < -0.3 is 15.0 Å². The minimum atomic E-state index is -0.353. The Balaban J connectivity index is 1.51. The molecule has 2 N–H and O–H groups in total. The molecule has 3 aliphatic carbocycles. The summed E-state index contributed by atoms with van der Waals surface area (Å²) in [6, 6.07) is 4.45. The van der Waals surface area contributed by atoms with E-state index >= 15 is 0 Å². The summed E-state index contributed by atoms with van der Waals surface area (Å²) in [6.07, 6.45) is 11.1. The number of fused-ring (bicyclic) bond motifs is 5. The van der Waals surface area contributed by atoms with Gasteiger partial charge in [0.2, 0.25) is 5.91 Å². The van der Waals surface area contributed by atoms with E-state index in [9.17, 15) is 9.90 Å². The first-order valence-corrected chi connectivity index (χ1v) is 11.2. The van der Waals surface area contributed by atoms with Gasteiger partial charge in [-0.2, -0.15) is 0 Å². The van der Waals surface area contributed by atoms with Crippen molar-refractivity contribution in [1.29, 1.82) is 0 Å². The molecule has 3 fully saturated rings. The topological polar surface area (TPSA) is 56.3 Å². The minimum Gasteiger partial charge on any atom is -0.388 e. The van der Waals surface area contributed by atoms with Crippen LogP contribution in [0, 0.1) is 28.6 Å². The monoisotopic (exact) mass is 394 g/mol. The number of hydrogen-bond donors (Lipinski definition) is 2. The number of allylic oxidation sites excluding steroid dienone is 1. The lowest BCUT2D eigenvalue weighted by molar-refractivity contribution is -0.140. The van der Waals surface area contributed by atoms with Crippen LogP contribution in [0.4, 0.5) is 0 Å². The van der Waals surface area contributed by atoms with Gasteiger partial charge in [-0.1, -0.05) is 19.9 Å². The van der Waals surface area contributed by atoms with Crippen LogP contribution in [0.5, 0.6) is 0 Å². The maximum absolute atomic E-state index is 12.3.